The van der Waals surface area contributed by atoms with Crippen LogP contribution in [0.2, 0.25) is 0 Å². The summed E-state index contributed by atoms with van der Waals surface area (Å²) >= 11 is 2.21. The van der Waals surface area contributed by atoms with Crippen LogP contribution in [0.1, 0.15) is 17.3 Å². The molecule has 0 aliphatic rings. The molecule has 0 spiro atoms. The lowest BCUT2D eigenvalue weighted by Crippen LogP contribution is -2.01. The van der Waals surface area contributed by atoms with Crippen LogP contribution in [0.3, 0.4) is 0 Å². The third-order valence-corrected chi connectivity index (χ3v) is 3.25. The highest BCUT2D eigenvalue weighted by atomic mass is 127. The van der Waals surface area contributed by atoms with Gasteiger partial charge in [-0.25, -0.2) is 0 Å². The Labute approximate surface area is 125 Å². The maximum atomic E-state index is 11.7. The number of halogens is 1. The van der Waals surface area contributed by atoms with Crippen LogP contribution in [0.15, 0.2) is 42.5 Å². The van der Waals surface area contributed by atoms with Gasteiger partial charge in [-0.3, -0.25) is 4.79 Å². The molecule has 98 valence electrons. The minimum atomic E-state index is -0.0851. The van der Waals surface area contributed by atoms with Crippen molar-refractivity contribution in [1.29, 1.82) is 0 Å². The van der Waals surface area contributed by atoms with Crippen LogP contribution >= 0.6 is 22.6 Å². The van der Waals surface area contributed by atoms with E-state index in [1.165, 1.54) is 14.0 Å². The van der Waals surface area contributed by atoms with Crippen LogP contribution in [0.4, 0.5) is 0 Å². The van der Waals surface area contributed by atoms with Gasteiger partial charge in [-0.2, -0.15) is 0 Å². The summed E-state index contributed by atoms with van der Waals surface area (Å²) in [6.07, 6.45) is 0. The highest BCUT2D eigenvalue weighted by Gasteiger charge is 2.15. The number of methoxy groups -OCH3 is 1. The Kier molecular flexibility index (Phi) is 4.42. The van der Waals surface area contributed by atoms with Crippen molar-refractivity contribution in [3.63, 3.8) is 0 Å². The van der Waals surface area contributed by atoms with E-state index in [2.05, 4.69) is 22.6 Å². The highest BCUT2D eigenvalue weighted by Crippen LogP contribution is 2.32. The second kappa shape index (κ2) is 6.06. The van der Waals surface area contributed by atoms with E-state index in [4.69, 9.17) is 9.47 Å². The molecule has 2 aromatic carbocycles. The van der Waals surface area contributed by atoms with Crippen LogP contribution in [-0.4, -0.2) is 12.9 Å². The Morgan fingerprint density at radius 1 is 1.11 bits per heavy atom. The normalized spacial score (nSPS) is 10.1. The van der Waals surface area contributed by atoms with Gasteiger partial charge in [0.15, 0.2) is 5.78 Å². The quantitative estimate of drug-likeness (QED) is 0.597. The summed E-state index contributed by atoms with van der Waals surface area (Å²) < 4.78 is 12.1. The lowest BCUT2D eigenvalue weighted by molar-refractivity contribution is 0.101. The first-order valence-corrected chi connectivity index (χ1v) is 6.81. The monoisotopic (exact) mass is 368 g/mol. The average molecular weight is 368 g/mol. The molecule has 4 heteroatoms. The Hall–Kier alpha value is -1.56. The molecule has 0 saturated heterocycles. The maximum absolute atomic E-state index is 11.7. The Balaban J connectivity index is 2.42. The Morgan fingerprint density at radius 2 is 1.79 bits per heavy atom. The topological polar surface area (TPSA) is 35.5 Å². The van der Waals surface area contributed by atoms with Crippen molar-refractivity contribution in [3.05, 3.63) is 51.6 Å². The third-order valence-electron chi connectivity index (χ3n) is 2.58. The summed E-state index contributed by atoms with van der Waals surface area (Å²) in [4.78, 5) is 11.7. The number of rotatable bonds is 4. The summed E-state index contributed by atoms with van der Waals surface area (Å²) in [5.74, 6) is 1.64. The predicted molar refractivity (Wildman–Crippen MR) is 82.2 cm³/mol. The molecule has 0 bridgehead atoms. The fourth-order valence-corrected chi connectivity index (χ4v) is 2.29. The molecule has 0 heterocycles. The van der Waals surface area contributed by atoms with Crippen LogP contribution in [0.5, 0.6) is 17.2 Å². The molecule has 0 aromatic heterocycles. The summed E-state index contributed by atoms with van der Waals surface area (Å²) in [5.41, 5.74) is 0.462. The fourth-order valence-electron chi connectivity index (χ4n) is 1.77. The van der Waals surface area contributed by atoms with Gasteiger partial charge in [0, 0.05) is 3.57 Å². The number of hydrogen-bond donors (Lipinski definition) is 0. The van der Waals surface area contributed by atoms with E-state index in [0.717, 1.165) is 3.57 Å². The lowest BCUT2D eigenvalue weighted by Gasteiger charge is -2.12. The van der Waals surface area contributed by atoms with Crippen molar-refractivity contribution in [1.82, 2.24) is 0 Å². The molecule has 0 radical (unpaired) electrons. The predicted octanol–water partition coefficient (Wildman–Crippen LogP) is 4.29. The first-order valence-electron chi connectivity index (χ1n) is 5.73. The van der Waals surface area contributed by atoms with Gasteiger partial charge in [0.25, 0.3) is 0 Å². The smallest absolute Gasteiger partial charge is 0.167 e. The van der Waals surface area contributed by atoms with Gasteiger partial charge in [-0.15, -0.1) is 0 Å². The molecular formula is C15H13IO3. The molecule has 0 atom stereocenters. The molecule has 0 aliphatic carbocycles. The van der Waals surface area contributed by atoms with Gasteiger partial charge in [0.2, 0.25) is 0 Å². The number of Topliss-reactive ketones (excluding diaryl/α,β-unsaturated/α-hetero) is 1. The van der Waals surface area contributed by atoms with Crippen molar-refractivity contribution in [2.24, 2.45) is 0 Å². The minimum Gasteiger partial charge on any atom is -0.496 e. The summed E-state index contributed by atoms with van der Waals surface area (Å²) in [7, 11) is 1.54. The fraction of sp³-hybridized carbons (Fsp3) is 0.133. The molecule has 0 unspecified atom stereocenters. The summed E-state index contributed by atoms with van der Waals surface area (Å²) in [5, 5.41) is 0. The van der Waals surface area contributed by atoms with E-state index in [-0.39, 0.29) is 5.78 Å². The molecule has 2 rings (SSSR count). The van der Waals surface area contributed by atoms with Crippen LogP contribution in [0, 0.1) is 3.57 Å². The summed E-state index contributed by atoms with van der Waals surface area (Å²) in [6.45, 7) is 1.50. The highest BCUT2D eigenvalue weighted by molar-refractivity contribution is 14.1. The van der Waals surface area contributed by atoms with Gasteiger partial charge >= 0.3 is 0 Å². The number of carbonyl (C=O) groups excluding carboxylic acids is 1. The first-order chi connectivity index (χ1) is 9.11. The van der Waals surface area contributed by atoms with Crippen molar-refractivity contribution in [3.8, 4) is 17.2 Å². The standard InChI is InChI=1S/C15H13IO3/c1-10(17)15-13(18-2)7-4-8-14(15)19-12-6-3-5-11(16)9-12/h3-9H,1-2H3. The van der Waals surface area contributed by atoms with E-state index in [0.29, 0.717) is 22.8 Å². The second-order valence-corrected chi connectivity index (χ2v) is 5.19. The zero-order valence-electron chi connectivity index (χ0n) is 10.6. The number of benzene rings is 2. The third kappa shape index (κ3) is 3.26. The lowest BCUT2D eigenvalue weighted by atomic mass is 10.1. The molecule has 0 saturated carbocycles. The van der Waals surface area contributed by atoms with Crippen molar-refractivity contribution < 1.29 is 14.3 Å². The zero-order valence-corrected chi connectivity index (χ0v) is 12.8. The minimum absolute atomic E-state index is 0.0851. The van der Waals surface area contributed by atoms with Gasteiger partial charge in [0.05, 0.1) is 7.11 Å². The van der Waals surface area contributed by atoms with Gasteiger partial charge in [-0.05, 0) is 59.8 Å². The second-order valence-electron chi connectivity index (χ2n) is 3.95. The van der Waals surface area contributed by atoms with Crippen LogP contribution in [-0.2, 0) is 0 Å². The van der Waals surface area contributed by atoms with Crippen LogP contribution < -0.4 is 9.47 Å². The zero-order chi connectivity index (χ0) is 13.8. The SMILES string of the molecule is COc1cccc(Oc2cccc(I)c2)c1C(C)=O. The van der Waals surface area contributed by atoms with Gasteiger partial charge in [0.1, 0.15) is 22.8 Å². The molecule has 0 fully saturated rings. The van der Waals surface area contributed by atoms with Crippen LogP contribution in [0.25, 0.3) is 0 Å². The molecular weight excluding hydrogens is 355 g/mol. The summed E-state index contributed by atoms with van der Waals surface area (Å²) in [6, 6.07) is 13.0. The van der Waals surface area contributed by atoms with Gasteiger partial charge in [-0.1, -0.05) is 12.1 Å². The van der Waals surface area contributed by atoms with Crippen molar-refractivity contribution in [2.45, 2.75) is 6.92 Å². The Bertz CT molecular complexity index is 608. The number of carbonyl (C=O) groups is 1. The molecule has 19 heavy (non-hydrogen) atoms. The van der Waals surface area contributed by atoms with E-state index in [9.17, 15) is 4.79 Å². The van der Waals surface area contributed by atoms with Crippen molar-refractivity contribution >= 4 is 28.4 Å². The number of ether oxygens (including phenoxy) is 2. The number of hydrogen-bond acceptors (Lipinski definition) is 3. The Morgan fingerprint density at radius 3 is 2.42 bits per heavy atom. The molecule has 2 aromatic rings. The molecule has 0 N–H and O–H groups in total. The molecule has 0 aliphatic heterocycles. The molecule has 3 nitrogen and oxygen atoms in total. The van der Waals surface area contributed by atoms with Crippen molar-refractivity contribution in [2.75, 3.05) is 7.11 Å². The van der Waals surface area contributed by atoms with E-state index >= 15 is 0 Å². The number of ketones is 1. The van der Waals surface area contributed by atoms with E-state index in [1.54, 1.807) is 18.2 Å². The molecule has 0 amide bonds. The maximum Gasteiger partial charge on any atom is 0.167 e. The van der Waals surface area contributed by atoms with Gasteiger partial charge < -0.3 is 9.47 Å². The van der Waals surface area contributed by atoms with E-state index in [1.807, 2.05) is 24.3 Å². The average Bonchev–Trinajstić information content (AvgIpc) is 2.38. The van der Waals surface area contributed by atoms with E-state index < -0.39 is 0 Å². The largest absolute Gasteiger partial charge is 0.496 e. The first kappa shape index (κ1) is 13.9.